The first-order valence-corrected chi connectivity index (χ1v) is 6.76. The number of fused-ring (bicyclic) bond motifs is 3. The molecule has 0 aliphatic carbocycles. The third-order valence-electron chi connectivity index (χ3n) is 3.33. The fraction of sp³-hybridized carbons (Fsp3) is 0.188. The van der Waals surface area contributed by atoms with E-state index in [4.69, 9.17) is 9.47 Å². The Morgan fingerprint density at radius 1 is 1.32 bits per heavy atom. The molecule has 6 nitrogen and oxygen atoms in total. The lowest BCUT2D eigenvalue weighted by Crippen LogP contribution is -2.10. The number of rotatable bonds is 5. The molecule has 1 N–H and O–H groups in total. The molecule has 3 rings (SSSR count). The fourth-order valence-corrected chi connectivity index (χ4v) is 2.37. The third kappa shape index (κ3) is 2.44. The maximum atomic E-state index is 12.3. The number of aromatic amines is 1. The van der Waals surface area contributed by atoms with Crippen molar-refractivity contribution < 1.29 is 14.3 Å². The van der Waals surface area contributed by atoms with Crippen LogP contribution in [0.4, 0.5) is 0 Å². The van der Waals surface area contributed by atoms with Crippen LogP contribution >= 0.6 is 0 Å². The SMILES string of the molecule is COCCOc1cc2cccnc2c2[nH]c(C=O)cc(=O)c12. The quantitative estimate of drug-likeness (QED) is 0.442. The van der Waals surface area contributed by atoms with E-state index >= 15 is 0 Å². The van der Waals surface area contributed by atoms with Crippen LogP contribution in [0.1, 0.15) is 10.5 Å². The van der Waals surface area contributed by atoms with E-state index in [0.717, 1.165) is 5.39 Å². The summed E-state index contributed by atoms with van der Waals surface area (Å²) >= 11 is 0. The fourth-order valence-electron chi connectivity index (χ4n) is 2.37. The van der Waals surface area contributed by atoms with E-state index in [0.29, 0.717) is 41.7 Å². The van der Waals surface area contributed by atoms with E-state index < -0.39 is 0 Å². The van der Waals surface area contributed by atoms with Crippen molar-refractivity contribution in [2.24, 2.45) is 0 Å². The summed E-state index contributed by atoms with van der Waals surface area (Å²) in [7, 11) is 1.58. The highest BCUT2D eigenvalue weighted by Gasteiger charge is 2.13. The van der Waals surface area contributed by atoms with Crippen LogP contribution in [0.2, 0.25) is 0 Å². The van der Waals surface area contributed by atoms with Crippen molar-refractivity contribution in [2.45, 2.75) is 0 Å². The minimum atomic E-state index is -0.282. The molecule has 0 unspecified atom stereocenters. The minimum Gasteiger partial charge on any atom is -0.490 e. The number of pyridine rings is 2. The highest BCUT2D eigenvalue weighted by molar-refractivity contribution is 6.06. The van der Waals surface area contributed by atoms with Crippen LogP contribution in [-0.2, 0) is 4.74 Å². The van der Waals surface area contributed by atoms with Gasteiger partial charge in [-0.3, -0.25) is 14.6 Å². The molecule has 0 aliphatic rings. The van der Waals surface area contributed by atoms with E-state index in [9.17, 15) is 9.59 Å². The summed E-state index contributed by atoms with van der Waals surface area (Å²) in [6.07, 6.45) is 2.24. The Kier molecular flexibility index (Phi) is 3.84. The number of aldehydes is 1. The molecule has 0 bridgehead atoms. The normalized spacial score (nSPS) is 11.0. The largest absolute Gasteiger partial charge is 0.490 e. The second-order valence-corrected chi connectivity index (χ2v) is 4.75. The van der Waals surface area contributed by atoms with Gasteiger partial charge in [0.1, 0.15) is 12.4 Å². The van der Waals surface area contributed by atoms with Gasteiger partial charge in [-0.2, -0.15) is 0 Å². The monoisotopic (exact) mass is 298 g/mol. The van der Waals surface area contributed by atoms with Gasteiger partial charge in [0, 0.05) is 24.8 Å². The second kappa shape index (κ2) is 5.95. The molecule has 2 heterocycles. The van der Waals surface area contributed by atoms with Gasteiger partial charge in [-0.15, -0.1) is 0 Å². The van der Waals surface area contributed by atoms with Crippen molar-refractivity contribution in [3.05, 3.63) is 46.4 Å². The van der Waals surface area contributed by atoms with Gasteiger partial charge in [0.2, 0.25) is 0 Å². The number of aromatic nitrogens is 2. The van der Waals surface area contributed by atoms with Crippen LogP contribution in [0.25, 0.3) is 21.8 Å². The van der Waals surface area contributed by atoms with Gasteiger partial charge in [-0.25, -0.2) is 0 Å². The Morgan fingerprint density at radius 3 is 2.95 bits per heavy atom. The standard InChI is InChI=1S/C16H14N2O4/c1-21-5-6-22-13-7-10-3-2-4-17-15(10)16-14(13)12(20)8-11(9-19)18-16/h2-4,7-9H,5-6H2,1H3,(H,18,20). The maximum Gasteiger partial charge on any atom is 0.193 e. The molecule has 1 aromatic carbocycles. The number of hydrogen-bond acceptors (Lipinski definition) is 5. The van der Waals surface area contributed by atoms with Crippen molar-refractivity contribution in [1.29, 1.82) is 0 Å². The topological polar surface area (TPSA) is 81.3 Å². The van der Waals surface area contributed by atoms with Crippen LogP contribution in [0.15, 0.2) is 35.3 Å². The molecular formula is C16H14N2O4. The van der Waals surface area contributed by atoms with Crippen LogP contribution in [0, 0.1) is 0 Å². The Morgan fingerprint density at radius 2 is 2.18 bits per heavy atom. The smallest absolute Gasteiger partial charge is 0.193 e. The summed E-state index contributed by atoms with van der Waals surface area (Å²) in [6, 6.07) is 6.70. The molecule has 22 heavy (non-hydrogen) atoms. The number of carbonyl (C=O) groups is 1. The number of methoxy groups -OCH3 is 1. The van der Waals surface area contributed by atoms with Gasteiger partial charge in [-0.1, -0.05) is 6.07 Å². The second-order valence-electron chi connectivity index (χ2n) is 4.75. The zero-order chi connectivity index (χ0) is 15.5. The third-order valence-corrected chi connectivity index (χ3v) is 3.33. The molecule has 0 radical (unpaired) electrons. The maximum absolute atomic E-state index is 12.3. The molecule has 0 atom stereocenters. The Bertz CT molecular complexity index is 902. The number of hydrogen-bond donors (Lipinski definition) is 1. The lowest BCUT2D eigenvalue weighted by atomic mass is 10.1. The van der Waals surface area contributed by atoms with Gasteiger partial charge in [0.05, 0.1) is 28.7 Å². The van der Waals surface area contributed by atoms with E-state index in [1.807, 2.05) is 6.07 Å². The van der Waals surface area contributed by atoms with Crippen LogP contribution in [0.5, 0.6) is 5.75 Å². The highest BCUT2D eigenvalue weighted by Crippen LogP contribution is 2.29. The van der Waals surface area contributed by atoms with Crippen molar-refractivity contribution >= 4 is 28.1 Å². The van der Waals surface area contributed by atoms with Gasteiger partial charge >= 0.3 is 0 Å². The number of carbonyl (C=O) groups excluding carboxylic acids is 1. The lowest BCUT2D eigenvalue weighted by molar-refractivity contribution is 0.111. The molecule has 0 amide bonds. The summed E-state index contributed by atoms with van der Waals surface area (Å²) in [6.45, 7) is 0.739. The van der Waals surface area contributed by atoms with E-state index in [1.165, 1.54) is 6.07 Å². The van der Waals surface area contributed by atoms with Crippen molar-refractivity contribution in [3.8, 4) is 5.75 Å². The molecule has 6 heteroatoms. The Balaban J connectivity index is 2.33. The highest BCUT2D eigenvalue weighted by atomic mass is 16.5. The predicted molar refractivity (Wildman–Crippen MR) is 82.6 cm³/mol. The summed E-state index contributed by atoms with van der Waals surface area (Å²) < 4.78 is 10.6. The molecule has 112 valence electrons. The molecule has 0 aliphatic heterocycles. The first-order chi connectivity index (χ1) is 10.7. The predicted octanol–water partition coefficient (Wildman–Crippen LogP) is 1.91. The van der Waals surface area contributed by atoms with Crippen LogP contribution in [-0.4, -0.2) is 36.6 Å². The average Bonchev–Trinajstić information content (AvgIpc) is 2.54. The number of benzene rings is 1. The number of nitrogens with zero attached hydrogens (tertiary/aromatic N) is 1. The summed E-state index contributed by atoms with van der Waals surface area (Å²) in [5.41, 5.74) is 1.05. The Labute approximate surface area is 125 Å². The molecule has 0 saturated heterocycles. The zero-order valence-corrected chi connectivity index (χ0v) is 12.0. The first kappa shape index (κ1) is 14.2. The van der Waals surface area contributed by atoms with Crippen LogP contribution < -0.4 is 10.2 Å². The van der Waals surface area contributed by atoms with Gasteiger partial charge in [-0.05, 0) is 12.1 Å². The van der Waals surface area contributed by atoms with Crippen molar-refractivity contribution in [3.63, 3.8) is 0 Å². The minimum absolute atomic E-state index is 0.207. The first-order valence-electron chi connectivity index (χ1n) is 6.76. The molecular weight excluding hydrogens is 284 g/mol. The molecule has 0 saturated carbocycles. The summed E-state index contributed by atoms with van der Waals surface area (Å²) in [5.74, 6) is 0.450. The molecule has 0 fully saturated rings. The van der Waals surface area contributed by atoms with Crippen LogP contribution in [0.3, 0.4) is 0 Å². The van der Waals surface area contributed by atoms with E-state index in [2.05, 4.69) is 9.97 Å². The summed E-state index contributed by atoms with van der Waals surface area (Å²) in [4.78, 5) is 30.6. The van der Waals surface area contributed by atoms with E-state index in [1.54, 1.807) is 25.4 Å². The van der Waals surface area contributed by atoms with Crippen molar-refractivity contribution in [1.82, 2.24) is 9.97 Å². The molecule has 3 aromatic rings. The molecule has 0 spiro atoms. The zero-order valence-electron chi connectivity index (χ0n) is 12.0. The van der Waals surface area contributed by atoms with E-state index in [-0.39, 0.29) is 11.1 Å². The van der Waals surface area contributed by atoms with Gasteiger partial charge in [0.15, 0.2) is 11.7 Å². The molecule has 2 aromatic heterocycles. The van der Waals surface area contributed by atoms with Gasteiger partial charge < -0.3 is 14.5 Å². The Hall–Kier alpha value is -2.73. The lowest BCUT2D eigenvalue weighted by Gasteiger charge is -2.11. The number of nitrogens with one attached hydrogen (secondary N) is 1. The van der Waals surface area contributed by atoms with Crippen molar-refractivity contribution in [2.75, 3.05) is 20.3 Å². The average molecular weight is 298 g/mol. The summed E-state index contributed by atoms with van der Waals surface area (Å²) in [5, 5.41) is 1.20. The van der Waals surface area contributed by atoms with Gasteiger partial charge in [0.25, 0.3) is 0 Å². The number of ether oxygens (including phenoxy) is 2. The number of H-pyrrole nitrogens is 1.